The van der Waals surface area contributed by atoms with Crippen LogP contribution >= 0.6 is 23.2 Å². The molecule has 0 saturated heterocycles. The summed E-state index contributed by atoms with van der Waals surface area (Å²) >= 11 is 12.8. The van der Waals surface area contributed by atoms with Crippen molar-refractivity contribution >= 4 is 50.7 Å². The summed E-state index contributed by atoms with van der Waals surface area (Å²) in [6.45, 7) is 1.36. The minimum atomic E-state index is -4.08. The van der Waals surface area contributed by atoms with E-state index in [1.807, 2.05) is 37.3 Å². The Balaban J connectivity index is 2.10. The molecule has 2 amide bonds. The van der Waals surface area contributed by atoms with E-state index in [-0.39, 0.29) is 28.7 Å². The average molecular weight is 595 g/mol. The van der Waals surface area contributed by atoms with Crippen molar-refractivity contribution in [3.8, 4) is 0 Å². The molecular formula is C28H30Cl2FN3O4S. The van der Waals surface area contributed by atoms with Crippen molar-refractivity contribution in [2.45, 2.75) is 32.4 Å². The molecule has 0 aliphatic rings. The largest absolute Gasteiger partial charge is 0.354 e. The van der Waals surface area contributed by atoms with Gasteiger partial charge < -0.3 is 10.2 Å². The number of nitrogens with one attached hydrogen (secondary N) is 1. The van der Waals surface area contributed by atoms with Crippen molar-refractivity contribution in [1.29, 1.82) is 0 Å². The molecule has 3 aromatic rings. The van der Waals surface area contributed by atoms with Gasteiger partial charge in [0.2, 0.25) is 21.8 Å². The van der Waals surface area contributed by atoms with E-state index in [4.69, 9.17) is 23.2 Å². The highest BCUT2D eigenvalue weighted by molar-refractivity contribution is 7.92. The molecule has 0 unspecified atom stereocenters. The van der Waals surface area contributed by atoms with Crippen molar-refractivity contribution in [3.63, 3.8) is 0 Å². The lowest BCUT2D eigenvalue weighted by atomic mass is 10.0. The number of anilines is 1. The summed E-state index contributed by atoms with van der Waals surface area (Å²) in [5.41, 5.74) is 0.901. The Morgan fingerprint density at radius 2 is 1.56 bits per heavy atom. The second-order valence-electron chi connectivity index (χ2n) is 8.94. The number of nitrogens with zero attached hydrogens (tertiary/aromatic N) is 2. The van der Waals surface area contributed by atoms with Crippen LogP contribution in [0.25, 0.3) is 0 Å². The lowest BCUT2D eigenvalue weighted by Gasteiger charge is -2.34. The van der Waals surface area contributed by atoms with Crippen LogP contribution in [0, 0.1) is 5.82 Å². The zero-order chi connectivity index (χ0) is 28.6. The summed E-state index contributed by atoms with van der Waals surface area (Å²) in [6, 6.07) is 18.2. The van der Waals surface area contributed by atoms with Gasteiger partial charge in [0, 0.05) is 35.1 Å². The first kappa shape index (κ1) is 30.4. The Morgan fingerprint density at radius 3 is 2.15 bits per heavy atom. The first-order chi connectivity index (χ1) is 18.5. The molecule has 0 aliphatic carbocycles. The second kappa shape index (κ2) is 13.8. The normalized spacial score (nSPS) is 12.0. The molecule has 11 heteroatoms. The number of carbonyl (C=O) groups is 2. The quantitative estimate of drug-likeness (QED) is 0.318. The predicted molar refractivity (Wildman–Crippen MR) is 153 cm³/mol. The van der Waals surface area contributed by atoms with Crippen LogP contribution < -0.4 is 9.62 Å². The number of amides is 2. The van der Waals surface area contributed by atoms with Crippen molar-refractivity contribution in [2.24, 2.45) is 0 Å². The van der Waals surface area contributed by atoms with E-state index in [1.165, 1.54) is 23.1 Å². The van der Waals surface area contributed by atoms with Crippen LogP contribution in [0.4, 0.5) is 10.1 Å². The van der Waals surface area contributed by atoms with Gasteiger partial charge in [-0.15, -0.1) is 0 Å². The van der Waals surface area contributed by atoms with E-state index in [1.54, 1.807) is 18.2 Å². The van der Waals surface area contributed by atoms with Crippen LogP contribution in [0.3, 0.4) is 0 Å². The minimum Gasteiger partial charge on any atom is -0.354 e. The van der Waals surface area contributed by atoms with Crippen LogP contribution in [0.15, 0.2) is 72.8 Å². The molecule has 0 saturated carbocycles. The smallest absolute Gasteiger partial charge is 0.244 e. The fraction of sp³-hybridized carbons (Fsp3) is 0.286. The van der Waals surface area contributed by atoms with Crippen LogP contribution in [0.1, 0.15) is 24.5 Å². The number of para-hydroxylation sites is 1. The third-order valence-electron chi connectivity index (χ3n) is 6.01. The molecule has 1 N–H and O–H groups in total. The van der Waals surface area contributed by atoms with Crippen LogP contribution in [0.5, 0.6) is 0 Å². The van der Waals surface area contributed by atoms with Crippen molar-refractivity contribution < 1.29 is 22.4 Å². The molecule has 3 aromatic carbocycles. The van der Waals surface area contributed by atoms with E-state index >= 15 is 0 Å². The van der Waals surface area contributed by atoms with Gasteiger partial charge in [-0.25, -0.2) is 12.8 Å². The van der Waals surface area contributed by atoms with E-state index in [0.29, 0.717) is 22.8 Å². The number of benzene rings is 3. The van der Waals surface area contributed by atoms with Gasteiger partial charge >= 0.3 is 0 Å². The molecule has 0 fully saturated rings. The summed E-state index contributed by atoms with van der Waals surface area (Å²) in [4.78, 5) is 28.7. The lowest BCUT2D eigenvalue weighted by molar-refractivity contribution is -0.140. The molecule has 0 aliphatic heterocycles. The number of rotatable bonds is 12. The zero-order valence-electron chi connectivity index (χ0n) is 21.6. The summed E-state index contributed by atoms with van der Waals surface area (Å²) in [6.07, 6.45) is 1.70. The highest BCUT2D eigenvalue weighted by atomic mass is 35.5. The summed E-state index contributed by atoms with van der Waals surface area (Å²) in [5, 5.41) is 3.40. The summed E-state index contributed by atoms with van der Waals surface area (Å²) in [7, 11) is -4.08. The van der Waals surface area contributed by atoms with Crippen LogP contribution in [-0.4, -0.2) is 50.5 Å². The number of hydrogen-bond donors (Lipinski definition) is 1. The maximum atomic E-state index is 14.7. The maximum Gasteiger partial charge on any atom is 0.244 e. The van der Waals surface area contributed by atoms with Crippen molar-refractivity contribution in [3.05, 3.63) is 99.8 Å². The maximum absolute atomic E-state index is 14.7. The highest BCUT2D eigenvalue weighted by Crippen LogP contribution is 2.28. The molecule has 0 spiro atoms. The van der Waals surface area contributed by atoms with Crippen LogP contribution in [0.2, 0.25) is 10.0 Å². The standard InChI is InChI=1S/C28H30Cl2FN3O4S/c1-3-16-32-28(36)26(17-20-10-5-4-6-11-20)33(18-21-22(29)12-9-13-23(21)30)27(35)19-34(39(2,37)38)25-15-8-7-14-24(25)31/h4-15,26H,3,16-19H2,1-2H3,(H,32,36)/t26-/m1/s1. The Bertz CT molecular complexity index is 1390. The SMILES string of the molecule is CCCNC(=O)[C@@H](Cc1ccccc1)N(Cc1c(Cl)cccc1Cl)C(=O)CN(c1ccccc1F)S(C)(=O)=O. The van der Waals surface area contributed by atoms with Gasteiger partial charge in [0.1, 0.15) is 18.4 Å². The van der Waals surface area contributed by atoms with Crippen LogP contribution in [-0.2, 0) is 32.6 Å². The zero-order valence-corrected chi connectivity index (χ0v) is 23.9. The molecule has 3 rings (SSSR count). The molecule has 1 atom stereocenters. The Labute approximate surface area is 238 Å². The van der Waals surface area contributed by atoms with E-state index < -0.39 is 40.2 Å². The van der Waals surface area contributed by atoms with Crippen molar-refractivity contribution in [2.75, 3.05) is 23.7 Å². The molecular weight excluding hydrogens is 564 g/mol. The first-order valence-electron chi connectivity index (χ1n) is 12.3. The Hall–Kier alpha value is -3.14. The van der Waals surface area contributed by atoms with E-state index in [2.05, 4.69) is 5.32 Å². The third-order valence-corrected chi connectivity index (χ3v) is 7.85. The molecule has 7 nitrogen and oxygen atoms in total. The highest BCUT2D eigenvalue weighted by Gasteiger charge is 2.34. The van der Waals surface area contributed by atoms with Gasteiger partial charge in [-0.3, -0.25) is 13.9 Å². The summed E-state index contributed by atoms with van der Waals surface area (Å²) < 4.78 is 40.8. The van der Waals surface area contributed by atoms with Gasteiger partial charge in [0.05, 0.1) is 11.9 Å². The first-order valence-corrected chi connectivity index (χ1v) is 14.9. The van der Waals surface area contributed by atoms with Gasteiger partial charge in [-0.05, 0) is 36.2 Å². The number of halogens is 3. The molecule has 0 aromatic heterocycles. The van der Waals surface area contributed by atoms with Crippen molar-refractivity contribution in [1.82, 2.24) is 10.2 Å². The van der Waals surface area contributed by atoms with Gasteiger partial charge in [-0.1, -0.05) is 78.7 Å². The molecule has 0 heterocycles. The fourth-order valence-corrected chi connectivity index (χ4v) is 5.39. The molecule has 208 valence electrons. The Morgan fingerprint density at radius 1 is 0.949 bits per heavy atom. The third kappa shape index (κ3) is 8.17. The molecule has 39 heavy (non-hydrogen) atoms. The van der Waals surface area contributed by atoms with E-state index in [0.717, 1.165) is 17.9 Å². The minimum absolute atomic E-state index is 0.142. The second-order valence-corrected chi connectivity index (χ2v) is 11.7. The number of carbonyl (C=O) groups excluding carboxylic acids is 2. The summed E-state index contributed by atoms with van der Waals surface area (Å²) in [5.74, 6) is -1.96. The number of hydrogen-bond acceptors (Lipinski definition) is 4. The topological polar surface area (TPSA) is 86.8 Å². The van der Waals surface area contributed by atoms with Gasteiger partial charge in [-0.2, -0.15) is 0 Å². The molecule has 0 bridgehead atoms. The number of sulfonamides is 1. The Kier molecular flexibility index (Phi) is 10.7. The van der Waals surface area contributed by atoms with Gasteiger partial charge in [0.25, 0.3) is 0 Å². The average Bonchev–Trinajstić information content (AvgIpc) is 2.89. The predicted octanol–water partition coefficient (Wildman–Crippen LogP) is 5.06. The lowest BCUT2D eigenvalue weighted by Crippen LogP contribution is -2.53. The molecule has 0 radical (unpaired) electrons. The fourth-order valence-electron chi connectivity index (χ4n) is 4.02. The monoisotopic (exact) mass is 593 g/mol. The van der Waals surface area contributed by atoms with E-state index in [9.17, 15) is 22.4 Å². The van der Waals surface area contributed by atoms with Gasteiger partial charge in [0.15, 0.2) is 0 Å².